The second-order valence-electron chi connectivity index (χ2n) is 6.09. The monoisotopic (exact) mass is 253 g/mol. The molecular weight excluding hydrogens is 226 g/mol. The number of amides is 1. The molecule has 2 rings (SSSR count). The minimum Gasteiger partial charge on any atom is -0.355 e. The maximum atomic E-state index is 11.8. The Morgan fingerprint density at radius 3 is 2.50 bits per heavy atom. The fourth-order valence-electron chi connectivity index (χ4n) is 2.91. The normalized spacial score (nSPS) is 23.1. The van der Waals surface area contributed by atoms with Crippen LogP contribution in [0.2, 0.25) is 0 Å². The number of nitrogens with zero attached hydrogens (tertiary/aromatic N) is 1. The molecule has 0 aromatic heterocycles. The second kappa shape index (κ2) is 6.53. The molecule has 4 nitrogen and oxygen atoms in total. The highest BCUT2D eigenvalue weighted by molar-refractivity contribution is 5.76. The van der Waals surface area contributed by atoms with Crippen molar-refractivity contribution in [2.45, 2.75) is 39.2 Å². The molecule has 0 spiro atoms. The lowest BCUT2D eigenvalue weighted by Gasteiger charge is -2.31. The third-order valence-corrected chi connectivity index (χ3v) is 4.23. The molecule has 18 heavy (non-hydrogen) atoms. The number of hydrogen-bond donors (Lipinski definition) is 2. The number of rotatable bonds is 6. The van der Waals surface area contributed by atoms with Crippen LogP contribution in [0.1, 0.15) is 33.1 Å². The maximum absolute atomic E-state index is 11.8. The van der Waals surface area contributed by atoms with Gasteiger partial charge in [0.25, 0.3) is 0 Å². The van der Waals surface area contributed by atoms with E-state index in [1.165, 1.54) is 25.9 Å². The van der Waals surface area contributed by atoms with Gasteiger partial charge in [0.05, 0.1) is 0 Å². The van der Waals surface area contributed by atoms with Gasteiger partial charge in [-0.3, -0.25) is 9.69 Å². The zero-order valence-electron chi connectivity index (χ0n) is 11.7. The van der Waals surface area contributed by atoms with Crippen molar-refractivity contribution < 1.29 is 4.79 Å². The van der Waals surface area contributed by atoms with Crippen LogP contribution < -0.4 is 10.6 Å². The van der Waals surface area contributed by atoms with E-state index in [1.807, 2.05) is 0 Å². The Morgan fingerprint density at radius 1 is 1.33 bits per heavy atom. The average molecular weight is 253 g/mol. The SMILES string of the molecule is CC(C)C(CNC(=O)CC1CNC1)N1CCCC1. The summed E-state index contributed by atoms with van der Waals surface area (Å²) in [5.74, 6) is 1.40. The van der Waals surface area contributed by atoms with E-state index in [4.69, 9.17) is 0 Å². The molecule has 2 saturated heterocycles. The van der Waals surface area contributed by atoms with E-state index in [9.17, 15) is 4.79 Å². The van der Waals surface area contributed by atoms with Crippen LogP contribution in [0, 0.1) is 11.8 Å². The number of hydrogen-bond acceptors (Lipinski definition) is 3. The summed E-state index contributed by atoms with van der Waals surface area (Å²) in [7, 11) is 0. The molecule has 2 heterocycles. The van der Waals surface area contributed by atoms with Crippen molar-refractivity contribution in [3.05, 3.63) is 0 Å². The molecule has 2 N–H and O–H groups in total. The van der Waals surface area contributed by atoms with E-state index in [0.717, 1.165) is 19.6 Å². The molecule has 0 bridgehead atoms. The van der Waals surface area contributed by atoms with Crippen LogP contribution in [-0.4, -0.2) is 49.6 Å². The molecule has 1 unspecified atom stereocenters. The van der Waals surface area contributed by atoms with Crippen LogP contribution in [0.25, 0.3) is 0 Å². The third-order valence-electron chi connectivity index (χ3n) is 4.23. The minimum atomic E-state index is 0.228. The van der Waals surface area contributed by atoms with Gasteiger partial charge in [0.2, 0.25) is 5.91 Å². The third kappa shape index (κ3) is 3.69. The highest BCUT2D eigenvalue weighted by Gasteiger charge is 2.26. The fourth-order valence-corrected chi connectivity index (χ4v) is 2.91. The fraction of sp³-hybridized carbons (Fsp3) is 0.929. The van der Waals surface area contributed by atoms with Gasteiger partial charge in [-0.05, 0) is 50.9 Å². The van der Waals surface area contributed by atoms with Crippen LogP contribution in [0.4, 0.5) is 0 Å². The summed E-state index contributed by atoms with van der Waals surface area (Å²) in [5, 5.41) is 6.34. The molecule has 1 atom stereocenters. The molecule has 104 valence electrons. The molecule has 2 fully saturated rings. The van der Waals surface area contributed by atoms with E-state index in [0.29, 0.717) is 24.3 Å². The van der Waals surface area contributed by atoms with Crippen molar-refractivity contribution in [2.24, 2.45) is 11.8 Å². The van der Waals surface area contributed by atoms with Crippen molar-refractivity contribution >= 4 is 5.91 Å². The maximum Gasteiger partial charge on any atom is 0.220 e. The summed E-state index contributed by atoms with van der Waals surface area (Å²) in [6.07, 6.45) is 3.31. The van der Waals surface area contributed by atoms with Crippen LogP contribution in [0.5, 0.6) is 0 Å². The molecule has 2 aliphatic heterocycles. The first kappa shape index (κ1) is 13.8. The standard InChI is InChI=1S/C14H27N3O/c1-11(2)13(17-5-3-4-6-17)10-16-14(18)7-12-8-15-9-12/h11-13,15H,3-10H2,1-2H3,(H,16,18). The number of carbonyl (C=O) groups excluding carboxylic acids is 1. The van der Waals surface area contributed by atoms with E-state index in [-0.39, 0.29) is 5.91 Å². The smallest absolute Gasteiger partial charge is 0.220 e. The van der Waals surface area contributed by atoms with Gasteiger partial charge >= 0.3 is 0 Å². The molecule has 0 aromatic rings. The van der Waals surface area contributed by atoms with Crippen LogP contribution in [0.15, 0.2) is 0 Å². The van der Waals surface area contributed by atoms with Crippen molar-refractivity contribution in [2.75, 3.05) is 32.7 Å². The average Bonchev–Trinajstić information content (AvgIpc) is 2.77. The van der Waals surface area contributed by atoms with Crippen LogP contribution in [0.3, 0.4) is 0 Å². The Kier molecular flexibility index (Phi) is 5.01. The first-order chi connectivity index (χ1) is 8.66. The first-order valence-electron chi connectivity index (χ1n) is 7.38. The second-order valence-corrected chi connectivity index (χ2v) is 6.09. The van der Waals surface area contributed by atoms with Crippen molar-refractivity contribution in [3.63, 3.8) is 0 Å². The van der Waals surface area contributed by atoms with Gasteiger partial charge in [0, 0.05) is 19.0 Å². The predicted octanol–water partition coefficient (Wildman–Crippen LogP) is 0.833. The zero-order valence-corrected chi connectivity index (χ0v) is 11.7. The van der Waals surface area contributed by atoms with E-state index < -0.39 is 0 Å². The Labute approximate surface area is 110 Å². The van der Waals surface area contributed by atoms with Crippen molar-refractivity contribution in [1.82, 2.24) is 15.5 Å². The topological polar surface area (TPSA) is 44.4 Å². The number of nitrogens with one attached hydrogen (secondary N) is 2. The molecule has 0 saturated carbocycles. The largest absolute Gasteiger partial charge is 0.355 e. The summed E-state index contributed by atoms with van der Waals surface area (Å²) in [6.45, 7) is 9.74. The lowest BCUT2D eigenvalue weighted by Crippen LogP contribution is -2.48. The molecule has 4 heteroatoms. The van der Waals surface area contributed by atoms with Gasteiger partial charge in [-0.2, -0.15) is 0 Å². The summed E-state index contributed by atoms with van der Waals surface area (Å²) in [6, 6.07) is 0.510. The van der Waals surface area contributed by atoms with Crippen molar-refractivity contribution in [3.8, 4) is 0 Å². The van der Waals surface area contributed by atoms with Gasteiger partial charge in [-0.1, -0.05) is 13.8 Å². The van der Waals surface area contributed by atoms with Crippen molar-refractivity contribution in [1.29, 1.82) is 0 Å². The van der Waals surface area contributed by atoms with E-state index >= 15 is 0 Å². The molecule has 1 amide bonds. The van der Waals surface area contributed by atoms with Crippen LogP contribution >= 0.6 is 0 Å². The minimum absolute atomic E-state index is 0.228. The Morgan fingerprint density at radius 2 is 2.00 bits per heavy atom. The Bertz CT molecular complexity index is 270. The van der Waals surface area contributed by atoms with Gasteiger partial charge in [-0.25, -0.2) is 0 Å². The molecule has 0 radical (unpaired) electrons. The van der Waals surface area contributed by atoms with E-state index in [1.54, 1.807) is 0 Å². The first-order valence-corrected chi connectivity index (χ1v) is 7.38. The summed E-state index contributed by atoms with van der Waals surface area (Å²) in [5.41, 5.74) is 0. The summed E-state index contributed by atoms with van der Waals surface area (Å²) < 4.78 is 0. The lowest BCUT2D eigenvalue weighted by atomic mass is 9.98. The van der Waals surface area contributed by atoms with Gasteiger partial charge in [-0.15, -0.1) is 0 Å². The van der Waals surface area contributed by atoms with Gasteiger partial charge in [0.1, 0.15) is 0 Å². The molecule has 0 aromatic carbocycles. The van der Waals surface area contributed by atoms with Gasteiger partial charge in [0.15, 0.2) is 0 Å². The number of carbonyl (C=O) groups is 1. The van der Waals surface area contributed by atoms with E-state index in [2.05, 4.69) is 29.4 Å². The summed E-state index contributed by atoms with van der Waals surface area (Å²) in [4.78, 5) is 14.4. The Balaban J connectivity index is 1.72. The highest BCUT2D eigenvalue weighted by Crippen LogP contribution is 2.17. The predicted molar refractivity (Wildman–Crippen MR) is 73.4 cm³/mol. The zero-order chi connectivity index (χ0) is 13.0. The van der Waals surface area contributed by atoms with Gasteiger partial charge < -0.3 is 10.6 Å². The molecule has 0 aliphatic carbocycles. The quantitative estimate of drug-likeness (QED) is 0.737. The lowest BCUT2D eigenvalue weighted by molar-refractivity contribution is -0.122. The highest BCUT2D eigenvalue weighted by atomic mass is 16.1. The molecular formula is C14H27N3O. The number of likely N-dealkylation sites (tertiary alicyclic amines) is 1. The van der Waals surface area contributed by atoms with Crippen LogP contribution in [-0.2, 0) is 4.79 Å². The Hall–Kier alpha value is -0.610. The summed E-state index contributed by atoms with van der Waals surface area (Å²) >= 11 is 0. The molecule has 2 aliphatic rings.